The van der Waals surface area contributed by atoms with Crippen molar-refractivity contribution in [2.75, 3.05) is 37.6 Å². The summed E-state index contributed by atoms with van der Waals surface area (Å²) in [5.74, 6) is -0.441. The Kier molecular flexibility index (Phi) is 19.4. The van der Waals surface area contributed by atoms with Crippen molar-refractivity contribution < 1.29 is 21.6 Å². The van der Waals surface area contributed by atoms with Gasteiger partial charge in [-0.2, -0.15) is 13.2 Å². The molecule has 0 bridgehead atoms. The van der Waals surface area contributed by atoms with Crippen molar-refractivity contribution in [2.45, 2.75) is 104 Å². The molecular formula is C33H51F3N9O2S-. The largest absolute Gasteiger partial charge is 0.568 e. The fraction of sp³-hybridized carbons (Fsp3) is 0.667. The van der Waals surface area contributed by atoms with Crippen LogP contribution in [-0.2, 0) is 17.1 Å². The number of hydrogen-bond acceptors (Lipinski definition) is 7. The molecule has 1 saturated heterocycles. The lowest BCUT2D eigenvalue weighted by molar-refractivity contribution is -0.0425. The van der Waals surface area contributed by atoms with Crippen LogP contribution in [0.2, 0.25) is 0 Å². The maximum absolute atomic E-state index is 12.9. The normalized spacial score (nSPS) is 13.0. The van der Waals surface area contributed by atoms with Gasteiger partial charge in [0.2, 0.25) is 0 Å². The van der Waals surface area contributed by atoms with Gasteiger partial charge in [-0.3, -0.25) is 0 Å². The highest BCUT2D eigenvalue weighted by atomic mass is 32.2. The van der Waals surface area contributed by atoms with Gasteiger partial charge in [0.1, 0.15) is 0 Å². The van der Waals surface area contributed by atoms with Crippen LogP contribution in [0.4, 0.5) is 47.8 Å². The summed E-state index contributed by atoms with van der Waals surface area (Å²) in [4.78, 5) is 14.6. The lowest BCUT2D eigenvalue weighted by Crippen LogP contribution is -2.27. The molecule has 0 atom stereocenters. The van der Waals surface area contributed by atoms with Gasteiger partial charge in [0, 0.05) is 18.8 Å². The van der Waals surface area contributed by atoms with E-state index in [0.29, 0.717) is 18.8 Å². The van der Waals surface area contributed by atoms with Gasteiger partial charge in [0.05, 0.1) is 12.7 Å². The number of hydrogen-bond donors (Lipinski definition) is 0. The first-order valence-corrected chi connectivity index (χ1v) is 18.2. The predicted octanol–water partition coefficient (Wildman–Crippen LogP) is 10.9. The lowest BCUT2D eigenvalue weighted by atomic mass is 10.2. The molecular weight excluding hydrogens is 643 g/mol. The van der Waals surface area contributed by atoms with E-state index in [4.69, 9.17) is 13.1 Å². The molecule has 1 aliphatic heterocycles. The number of alkyl halides is 3. The van der Waals surface area contributed by atoms with Gasteiger partial charge in [-0.15, -0.1) is 5.11 Å². The number of nitrogens with zero attached hydrogens (tertiary/aromatic N) is 9. The smallest absolute Gasteiger partial charge is 0.483 e. The summed E-state index contributed by atoms with van der Waals surface area (Å²) >= 11 is 0. The third kappa shape index (κ3) is 13.8. The summed E-state index contributed by atoms with van der Waals surface area (Å²) in [6, 6.07) is 4.08. The second-order valence-corrected chi connectivity index (χ2v) is 12.9. The quantitative estimate of drug-likeness (QED) is 0.136. The number of anilines is 1. The Hall–Kier alpha value is -3.69. The molecule has 1 aliphatic rings. The fourth-order valence-electron chi connectivity index (χ4n) is 4.36. The zero-order valence-corrected chi connectivity index (χ0v) is 30.0. The molecule has 48 heavy (non-hydrogen) atoms. The van der Waals surface area contributed by atoms with Crippen LogP contribution in [0.15, 0.2) is 28.4 Å². The molecule has 11 nitrogen and oxygen atoms in total. The van der Waals surface area contributed by atoms with E-state index in [1.165, 1.54) is 94.7 Å². The van der Waals surface area contributed by atoms with Crippen molar-refractivity contribution in [3.8, 4) is 0 Å². The van der Waals surface area contributed by atoms with E-state index in [1.807, 2.05) is 4.90 Å². The zero-order chi connectivity index (χ0) is 36.2. The van der Waals surface area contributed by atoms with Crippen molar-refractivity contribution in [3.63, 3.8) is 0 Å². The second kappa shape index (κ2) is 22.0. The molecule has 0 spiro atoms. The number of sulfonamides is 1. The van der Waals surface area contributed by atoms with Crippen molar-refractivity contribution in [3.05, 3.63) is 45.8 Å². The third-order valence-electron chi connectivity index (χ3n) is 7.41. The van der Waals surface area contributed by atoms with Gasteiger partial charge in [-0.05, 0) is 63.9 Å². The Morgan fingerprint density at radius 1 is 0.896 bits per heavy atom. The van der Waals surface area contributed by atoms with Crippen molar-refractivity contribution in [1.82, 2.24) is 14.5 Å². The molecule has 0 amide bonds. The van der Waals surface area contributed by atoms with E-state index < -0.39 is 21.2 Å². The molecule has 0 aliphatic carbocycles. The summed E-state index contributed by atoms with van der Waals surface area (Å²) in [7, 11) is -4.39. The Bertz CT molecular complexity index is 1440. The molecule has 0 radical (unpaired) electrons. The number of rotatable bonds is 15. The monoisotopic (exact) mass is 694 g/mol. The highest BCUT2D eigenvalue weighted by Gasteiger charge is 2.39. The minimum Gasteiger partial charge on any atom is -0.568 e. The fourth-order valence-corrected chi connectivity index (χ4v) is 4.86. The first kappa shape index (κ1) is 42.3. The molecule has 268 valence electrons. The topological polar surface area (TPSA) is 106 Å². The Morgan fingerprint density at radius 3 is 1.85 bits per heavy atom. The lowest BCUT2D eigenvalue weighted by Gasteiger charge is -2.27. The first-order valence-electron chi connectivity index (χ1n) is 16.7. The van der Waals surface area contributed by atoms with Crippen molar-refractivity contribution >= 4 is 44.7 Å². The van der Waals surface area contributed by atoms with Crippen LogP contribution < -0.4 is 4.90 Å². The van der Waals surface area contributed by atoms with E-state index >= 15 is 0 Å². The number of halogens is 3. The predicted molar refractivity (Wildman–Crippen MR) is 188 cm³/mol. The molecule has 1 fully saturated rings. The highest BCUT2D eigenvalue weighted by molar-refractivity contribution is 7.95. The van der Waals surface area contributed by atoms with Crippen LogP contribution in [0.3, 0.4) is 0 Å². The van der Waals surface area contributed by atoms with Crippen LogP contribution in [-0.4, -0.2) is 61.1 Å². The SMILES string of the molecule is CCCC.CCCCN(CCCC)CCCC.[C-]#[N+]c1nc(N=Nc2ccc(N3CCCC3)cc2[N-]S(=O)(=O)C(F)(F)F)n(C)c1[N+]#[C-]. The summed E-state index contributed by atoms with van der Waals surface area (Å²) in [5, 5.41) is 7.56. The van der Waals surface area contributed by atoms with Gasteiger partial charge in [-0.1, -0.05) is 102 Å². The number of azo groups is 1. The van der Waals surface area contributed by atoms with Gasteiger partial charge < -0.3 is 24.2 Å². The third-order valence-corrected chi connectivity index (χ3v) is 8.43. The maximum Gasteiger partial charge on any atom is 0.483 e. The van der Waals surface area contributed by atoms with Crippen LogP contribution in [0.5, 0.6) is 0 Å². The van der Waals surface area contributed by atoms with E-state index in [0.717, 1.165) is 12.8 Å². The van der Waals surface area contributed by atoms with E-state index in [1.54, 1.807) is 6.07 Å². The molecule has 2 heterocycles. The number of unbranched alkanes of at least 4 members (excludes halogenated alkanes) is 4. The van der Waals surface area contributed by atoms with Gasteiger partial charge in [0.15, 0.2) is 10.0 Å². The molecule has 3 rings (SSSR count). The van der Waals surface area contributed by atoms with Crippen molar-refractivity contribution in [1.29, 1.82) is 0 Å². The molecule has 1 aromatic heterocycles. The van der Waals surface area contributed by atoms with Crippen LogP contribution in [0.1, 0.15) is 98.8 Å². The Balaban J connectivity index is 0.000000565. The molecule has 1 aromatic carbocycles. The van der Waals surface area contributed by atoms with Gasteiger partial charge in [-0.25, -0.2) is 13.0 Å². The summed E-state index contributed by atoms with van der Waals surface area (Å²) in [6.45, 7) is 30.6. The molecule has 0 N–H and O–H groups in total. The van der Waals surface area contributed by atoms with Gasteiger partial charge >= 0.3 is 11.5 Å². The second-order valence-electron chi connectivity index (χ2n) is 11.3. The number of aromatic nitrogens is 2. The van der Waals surface area contributed by atoms with Crippen LogP contribution >= 0.6 is 0 Å². The number of benzene rings is 1. The minimum absolute atomic E-state index is 0.0853. The summed E-state index contributed by atoms with van der Waals surface area (Å²) < 4.78 is 65.9. The molecule has 2 aromatic rings. The van der Waals surface area contributed by atoms with Crippen LogP contribution in [0.25, 0.3) is 14.4 Å². The highest BCUT2D eigenvalue weighted by Crippen LogP contribution is 2.43. The first-order chi connectivity index (χ1) is 22.8. The number of imidazole rings is 1. The maximum atomic E-state index is 12.9. The zero-order valence-electron chi connectivity index (χ0n) is 29.2. The van der Waals surface area contributed by atoms with E-state index in [2.05, 4.69) is 69.1 Å². The van der Waals surface area contributed by atoms with E-state index in [-0.39, 0.29) is 23.3 Å². The van der Waals surface area contributed by atoms with Crippen molar-refractivity contribution in [2.24, 2.45) is 17.3 Å². The van der Waals surface area contributed by atoms with Gasteiger partial charge in [0.25, 0.3) is 11.6 Å². The summed E-state index contributed by atoms with van der Waals surface area (Å²) in [5.41, 5.74) is -5.84. The Labute approximate surface area is 285 Å². The standard InChI is InChI=1S/C17H14F3N8O2S.C12H27N.C4H10/c1-21-14-15(22-2)27(3)16(23-14)25-24-12-7-6-11(28-8-4-5-9-28)10-13(12)26-31(29,30)17(18,19)20;1-4-7-10-13(11-8-5-2)12-9-6-3;1-3-4-2/h6-7,10H,4-5,8-9H2,3H3;4-12H2,1-3H3;3-4H2,1-2H3/q-1;;. The molecule has 15 heteroatoms. The van der Waals surface area contributed by atoms with Crippen LogP contribution in [0, 0.1) is 13.1 Å². The molecule has 0 saturated carbocycles. The average molecular weight is 695 g/mol. The molecule has 0 unspecified atom stereocenters. The summed E-state index contributed by atoms with van der Waals surface area (Å²) in [6.07, 6.45) is 12.5. The minimum atomic E-state index is -5.81. The van der Waals surface area contributed by atoms with E-state index in [9.17, 15) is 21.6 Å². The Morgan fingerprint density at radius 2 is 1.44 bits per heavy atom. The average Bonchev–Trinajstić information content (AvgIpc) is 3.71.